The molecule has 7 nitrogen and oxygen atoms in total. The molecule has 0 saturated carbocycles. The summed E-state index contributed by atoms with van der Waals surface area (Å²) in [5, 5.41) is 2.82. The molecule has 3 atom stereocenters. The lowest BCUT2D eigenvalue weighted by molar-refractivity contribution is -0.148. The largest absolute Gasteiger partial charge is 0.459 e. The van der Waals surface area contributed by atoms with Crippen molar-refractivity contribution in [2.24, 2.45) is 17.8 Å². The van der Waals surface area contributed by atoms with Crippen LogP contribution in [0.15, 0.2) is 72.8 Å². The Balaban J connectivity index is 1.36. The molecule has 1 aliphatic heterocycles. The van der Waals surface area contributed by atoms with Gasteiger partial charge in [0.2, 0.25) is 17.7 Å². The molecular formula is C33H30Cl2N2O5. The number of rotatable bonds is 6. The van der Waals surface area contributed by atoms with Crippen molar-refractivity contribution in [3.8, 4) is 0 Å². The SMILES string of the molecule is CC(C)OC(=O)c1ccc(NC(=O)[C@H](C(C)C)N2C(=O)[C@H]3[C@H](C2=O)C2(Cl)c4ccccc4C3(Cl)c3ccccc32)cc1. The summed E-state index contributed by atoms with van der Waals surface area (Å²) in [6, 6.07) is 20.0. The summed E-state index contributed by atoms with van der Waals surface area (Å²) in [5.41, 5.74) is 3.55. The molecule has 0 spiro atoms. The van der Waals surface area contributed by atoms with E-state index < -0.39 is 57.2 Å². The van der Waals surface area contributed by atoms with Crippen LogP contribution in [-0.2, 0) is 28.9 Å². The average molecular weight is 606 g/mol. The van der Waals surface area contributed by atoms with Crippen molar-refractivity contribution in [3.05, 3.63) is 101 Å². The van der Waals surface area contributed by atoms with E-state index in [2.05, 4.69) is 5.32 Å². The maximum Gasteiger partial charge on any atom is 0.338 e. The van der Waals surface area contributed by atoms with Crippen molar-refractivity contribution in [2.75, 3.05) is 5.32 Å². The maximum absolute atomic E-state index is 14.3. The van der Waals surface area contributed by atoms with Gasteiger partial charge in [-0.05, 0) is 66.3 Å². The highest BCUT2D eigenvalue weighted by atomic mass is 35.5. The van der Waals surface area contributed by atoms with E-state index in [0.717, 1.165) is 4.90 Å². The fraction of sp³-hybridized carbons (Fsp3) is 0.333. The van der Waals surface area contributed by atoms with Crippen LogP contribution in [0.2, 0.25) is 0 Å². The van der Waals surface area contributed by atoms with E-state index in [4.69, 9.17) is 27.9 Å². The van der Waals surface area contributed by atoms with E-state index in [1.807, 2.05) is 48.5 Å². The number of carbonyl (C=O) groups is 4. The number of imide groups is 1. The van der Waals surface area contributed by atoms with Gasteiger partial charge in [0.05, 0.1) is 23.5 Å². The molecule has 3 aliphatic carbocycles. The van der Waals surface area contributed by atoms with Crippen LogP contribution in [0.25, 0.3) is 0 Å². The first-order chi connectivity index (χ1) is 19.9. The summed E-state index contributed by atoms with van der Waals surface area (Å²) in [5.74, 6) is -4.44. The Morgan fingerprint density at radius 1 is 0.762 bits per heavy atom. The number of likely N-dealkylation sites (tertiary alicyclic amines) is 1. The van der Waals surface area contributed by atoms with Gasteiger partial charge in [0.25, 0.3) is 0 Å². The van der Waals surface area contributed by atoms with Gasteiger partial charge in [0.1, 0.15) is 15.8 Å². The van der Waals surface area contributed by atoms with Crippen molar-refractivity contribution in [1.82, 2.24) is 4.90 Å². The third-order valence-electron chi connectivity index (χ3n) is 8.53. The van der Waals surface area contributed by atoms with Crippen LogP contribution in [-0.4, -0.2) is 40.7 Å². The predicted octanol–water partition coefficient (Wildman–Crippen LogP) is 5.81. The van der Waals surface area contributed by atoms with Crippen LogP contribution < -0.4 is 5.32 Å². The first-order valence-electron chi connectivity index (χ1n) is 14.0. The third kappa shape index (κ3) is 3.86. The highest BCUT2D eigenvalue weighted by Crippen LogP contribution is 2.69. The smallest absolute Gasteiger partial charge is 0.338 e. The monoisotopic (exact) mass is 604 g/mol. The molecule has 0 aromatic heterocycles. The molecule has 4 aliphatic rings. The van der Waals surface area contributed by atoms with Gasteiger partial charge in [0.15, 0.2) is 0 Å². The topological polar surface area (TPSA) is 92.8 Å². The fourth-order valence-electron chi connectivity index (χ4n) is 6.87. The number of hydrogen-bond acceptors (Lipinski definition) is 5. The molecule has 9 heteroatoms. The van der Waals surface area contributed by atoms with E-state index in [0.29, 0.717) is 33.5 Å². The summed E-state index contributed by atoms with van der Waals surface area (Å²) in [7, 11) is 0. The minimum Gasteiger partial charge on any atom is -0.459 e. The van der Waals surface area contributed by atoms with Gasteiger partial charge in [0, 0.05) is 5.69 Å². The molecule has 0 radical (unpaired) electrons. The minimum atomic E-state index is -1.32. The Labute approximate surface area is 254 Å². The van der Waals surface area contributed by atoms with Gasteiger partial charge in [-0.1, -0.05) is 62.4 Å². The molecule has 0 unspecified atom stereocenters. The molecule has 216 valence electrons. The van der Waals surface area contributed by atoms with Crippen LogP contribution in [0, 0.1) is 17.8 Å². The summed E-state index contributed by atoms with van der Waals surface area (Å²) in [6.45, 7) is 7.08. The molecule has 2 bridgehead atoms. The van der Waals surface area contributed by atoms with Gasteiger partial charge in [-0.15, -0.1) is 23.2 Å². The van der Waals surface area contributed by atoms with E-state index in [1.165, 1.54) is 0 Å². The molecule has 3 aromatic carbocycles. The Kier molecular flexibility index (Phi) is 6.74. The number of anilines is 1. The molecule has 3 amide bonds. The lowest BCUT2D eigenvalue weighted by atomic mass is 9.54. The van der Waals surface area contributed by atoms with Crippen LogP contribution in [0.5, 0.6) is 0 Å². The molecule has 1 fully saturated rings. The van der Waals surface area contributed by atoms with Crippen molar-refractivity contribution < 1.29 is 23.9 Å². The average Bonchev–Trinajstić information content (AvgIpc) is 3.22. The number of carbonyl (C=O) groups excluding carboxylic acids is 4. The minimum absolute atomic E-state index is 0.266. The van der Waals surface area contributed by atoms with Crippen molar-refractivity contribution in [3.63, 3.8) is 0 Å². The number of nitrogens with one attached hydrogen (secondary N) is 1. The molecule has 7 rings (SSSR count). The zero-order valence-electron chi connectivity index (χ0n) is 23.6. The molecule has 3 aromatic rings. The van der Waals surface area contributed by atoms with Gasteiger partial charge >= 0.3 is 5.97 Å². The quantitative estimate of drug-likeness (QED) is 0.218. The Morgan fingerprint density at radius 2 is 1.19 bits per heavy atom. The second-order valence-electron chi connectivity index (χ2n) is 11.7. The van der Waals surface area contributed by atoms with Crippen LogP contribution in [0.4, 0.5) is 5.69 Å². The van der Waals surface area contributed by atoms with Gasteiger partial charge < -0.3 is 10.1 Å². The molecule has 1 saturated heterocycles. The van der Waals surface area contributed by atoms with Crippen molar-refractivity contribution in [2.45, 2.75) is 49.6 Å². The van der Waals surface area contributed by atoms with Crippen molar-refractivity contribution in [1.29, 1.82) is 0 Å². The first kappa shape index (κ1) is 28.4. The fourth-order valence-corrected chi connectivity index (χ4v) is 7.97. The summed E-state index contributed by atoms with van der Waals surface area (Å²) in [6.07, 6.45) is -0.266. The Morgan fingerprint density at radius 3 is 1.57 bits per heavy atom. The number of nitrogens with zero attached hydrogens (tertiary/aromatic N) is 1. The van der Waals surface area contributed by atoms with Gasteiger partial charge in [-0.2, -0.15) is 0 Å². The first-order valence-corrected chi connectivity index (χ1v) is 14.7. The molecule has 1 N–H and O–H groups in total. The normalized spacial score (nSPS) is 26.1. The Hall–Kier alpha value is -3.68. The predicted molar refractivity (Wildman–Crippen MR) is 159 cm³/mol. The number of benzene rings is 3. The van der Waals surface area contributed by atoms with E-state index in [-0.39, 0.29) is 6.10 Å². The van der Waals surface area contributed by atoms with Crippen LogP contribution in [0.3, 0.4) is 0 Å². The number of alkyl halides is 2. The van der Waals surface area contributed by atoms with E-state index in [1.54, 1.807) is 52.0 Å². The van der Waals surface area contributed by atoms with Crippen LogP contribution in [0.1, 0.15) is 60.3 Å². The second kappa shape index (κ2) is 9.96. The number of halogens is 2. The number of ether oxygens (including phenoxy) is 1. The zero-order chi connectivity index (χ0) is 30.1. The number of hydrogen-bond donors (Lipinski definition) is 1. The second-order valence-corrected chi connectivity index (χ2v) is 12.9. The molecule has 1 heterocycles. The summed E-state index contributed by atoms with van der Waals surface area (Å²) < 4.78 is 5.22. The molecular weight excluding hydrogens is 575 g/mol. The van der Waals surface area contributed by atoms with E-state index in [9.17, 15) is 19.2 Å². The third-order valence-corrected chi connectivity index (χ3v) is 9.81. The lowest BCUT2D eigenvalue weighted by Crippen LogP contribution is -2.57. The van der Waals surface area contributed by atoms with Gasteiger partial charge in [-0.3, -0.25) is 19.3 Å². The maximum atomic E-state index is 14.3. The van der Waals surface area contributed by atoms with E-state index >= 15 is 0 Å². The summed E-state index contributed by atoms with van der Waals surface area (Å²) in [4.78, 5) is 53.1. The number of esters is 1. The summed E-state index contributed by atoms with van der Waals surface area (Å²) >= 11 is 15.0. The standard InChI is InChI=1S/C33H30Cl2N2O5/c1-17(2)27(28(38)36-20-15-13-19(14-16-20)31(41)42-18(3)4)37-29(39)25-26(30(37)40)33(35)22-10-6-5-9-21(22)32(25,34)23-11-7-8-12-24(23)33/h5-18,25-27H,1-4H3,(H,36,38)/t25-,26-,27+,32?,33?/m1/s1. The highest BCUT2D eigenvalue weighted by molar-refractivity contribution is 6.36. The zero-order valence-corrected chi connectivity index (χ0v) is 25.1. The molecule has 42 heavy (non-hydrogen) atoms. The van der Waals surface area contributed by atoms with Gasteiger partial charge in [-0.25, -0.2) is 4.79 Å². The van der Waals surface area contributed by atoms with Crippen molar-refractivity contribution >= 4 is 52.6 Å². The lowest BCUT2D eigenvalue weighted by Gasteiger charge is -2.54. The Bertz CT molecular complexity index is 1510. The highest BCUT2D eigenvalue weighted by Gasteiger charge is 2.73. The number of amides is 3. The van der Waals surface area contributed by atoms with Crippen LogP contribution >= 0.6 is 23.2 Å².